The van der Waals surface area contributed by atoms with Gasteiger partial charge in [0.1, 0.15) is 40.5 Å². The molecule has 0 aliphatic carbocycles. The summed E-state index contributed by atoms with van der Waals surface area (Å²) in [6.07, 6.45) is -0.534. The van der Waals surface area contributed by atoms with Crippen molar-refractivity contribution in [1.29, 1.82) is 0 Å². The van der Waals surface area contributed by atoms with Gasteiger partial charge in [0.2, 0.25) is 0 Å². The molecular formula is C49H33N3O2. The lowest BCUT2D eigenvalue weighted by molar-refractivity contribution is 0.409. The number of hydrogen-bond acceptors (Lipinski definition) is 5. The highest BCUT2D eigenvalue weighted by molar-refractivity contribution is 6.16. The Hall–Kier alpha value is -6.95. The Morgan fingerprint density at radius 2 is 1.17 bits per heavy atom. The zero-order valence-corrected chi connectivity index (χ0v) is 29.2. The number of benzene rings is 8. The van der Waals surface area contributed by atoms with Gasteiger partial charge in [0.15, 0.2) is 0 Å². The summed E-state index contributed by atoms with van der Waals surface area (Å²) in [7, 11) is 0. The van der Waals surface area contributed by atoms with Gasteiger partial charge in [-0.1, -0.05) is 146 Å². The van der Waals surface area contributed by atoms with E-state index in [9.17, 15) is 0 Å². The number of amidine groups is 1. The van der Waals surface area contributed by atoms with Gasteiger partial charge in [0.05, 0.1) is 0 Å². The van der Waals surface area contributed by atoms with E-state index in [-0.39, 0.29) is 12.3 Å². The maximum Gasteiger partial charge on any atom is 0.143 e. The first-order valence-electron chi connectivity index (χ1n) is 18.3. The number of furan rings is 2. The van der Waals surface area contributed by atoms with Crippen molar-refractivity contribution in [3.63, 3.8) is 0 Å². The fourth-order valence-corrected chi connectivity index (χ4v) is 8.20. The number of nitrogens with one attached hydrogen (secondary N) is 2. The van der Waals surface area contributed by atoms with Crippen LogP contribution in [0.25, 0.3) is 76.9 Å². The molecule has 2 aromatic heterocycles. The van der Waals surface area contributed by atoms with Crippen molar-refractivity contribution in [2.45, 2.75) is 12.3 Å². The Balaban J connectivity index is 1.04. The molecule has 2 unspecified atom stereocenters. The fraction of sp³-hybridized carbons (Fsp3) is 0.0408. The minimum Gasteiger partial charge on any atom is -0.456 e. The summed E-state index contributed by atoms with van der Waals surface area (Å²) in [5.74, 6) is 0.803. The first-order chi connectivity index (χ1) is 26.7. The van der Waals surface area contributed by atoms with Crippen LogP contribution in [0.5, 0.6) is 0 Å². The Kier molecular flexibility index (Phi) is 7.00. The topological polar surface area (TPSA) is 62.7 Å². The number of aliphatic imine (C=N–C) groups is 1. The number of hydrogen-bond donors (Lipinski definition) is 2. The molecule has 1 aliphatic rings. The molecule has 2 N–H and O–H groups in total. The molecule has 8 aromatic carbocycles. The van der Waals surface area contributed by atoms with Gasteiger partial charge in [-0.05, 0) is 68.9 Å². The monoisotopic (exact) mass is 695 g/mol. The van der Waals surface area contributed by atoms with Crippen LogP contribution in [0.2, 0.25) is 0 Å². The molecule has 256 valence electrons. The van der Waals surface area contributed by atoms with Crippen molar-refractivity contribution in [3.05, 3.63) is 193 Å². The lowest BCUT2D eigenvalue weighted by Crippen LogP contribution is -2.45. The number of rotatable bonds is 5. The molecule has 5 heteroatoms. The SMILES string of the molecule is c1ccc(C2N=C(c3ccc4c(c3)oc3ccccc34)NC(c3ccccc3-c3cccc4oc5c(-c6ccc7ccccc7c6)cccc5c34)N2)cc1. The maximum absolute atomic E-state index is 6.75. The van der Waals surface area contributed by atoms with E-state index in [1.165, 1.54) is 10.8 Å². The van der Waals surface area contributed by atoms with E-state index >= 15 is 0 Å². The van der Waals surface area contributed by atoms with Gasteiger partial charge in [-0.2, -0.15) is 0 Å². The van der Waals surface area contributed by atoms with Crippen LogP contribution in [0.3, 0.4) is 0 Å². The van der Waals surface area contributed by atoms with Crippen molar-refractivity contribution < 1.29 is 8.83 Å². The zero-order valence-electron chi connectivity index (χ0n) is 29.2. The normalized spacial score (nSPS) is 16.0. The zero-order chi connectivity index (χ0) is 35.6. The Morgan fingerprint density at radius 3 is 2.11 bits per heavy atom. The molecule has 0 bridgehead atoms. The van der Waals surface area contributed by atoms with Crippen LogP contribution < -0.4 is 10.6 Å². The Bertz CT molecular complexity index is 3080. The van der Waals surface area contributed by atoms with Crippen LogP contribution >= 0.6 is 0 Å². The smallest absolute Gasteiger partial charge is 0.143 e. The average molecular weight is 696 g/mol. The molecule has 5 nitrogen and oxygen atoms in total. The lowest BCUT2D eigenvalue weighted by atomic mass is 9.92. The largest absolute Gasteiger partial charge is 0.456 e. The van der Waals surface area contributed by atoms with Crippen molar-refractivity contribution >= 4 is 60.5 Å². The van der Waals surface area contributed by atoms with Crippen molar-refractivity contribution in [3.8, 4) is 22.3 Å². The second kappa shape index (κ2) is 12.3. The second-order valence-electron chi connectivity index (χ2n) is 14.0. The van der Waals surface area contributed by atoms with Crippen LogP contribution in [-0.2, 0) is 0 Å². The van der Waals surface area contributed by atoms with Crippen LogP contribution in [0, 0.1) is 0 Å². The summed E-state index contributed by atoms with van der Waals surface area (Å²) < 4.78 is 13.0. The fourth-order valence-electron chi connectivity index (χ4n) is 8.20. The Morgan fingerprint density at radius 1 is 0.463 bits per heavy atom. The van der Waals surface area contributed by atoms with Gasteiger partial charge >= 0.3 is 0 Å². The van der Waals surface area contributed by atoms with Crippen LogP contribution in [-0.4, -0.2) is 5.84 Å². The van der Waals surface area contributed by atoms with Crippen molar-refractivity contribution in [1.82, 2.24) is 10.6 Å². The number of nitrogens with zero attached hydrogens (tertiary/aromatic N) is 1. The lowest BCUT2D eigenvalue weighted by Gasteiger charge is -2.33. The third-order valence-electron chi connectivity index (χ3n) is 10.8. The standard InChI is InChI=1S/C49H33N3O2/c1-2-13-31(14-3-1)47-50-48(34-26-27-38-37-17-8-9-22-42(37)53-44(38)29-34)52-49(51-47)40-18-7-6-16-36(40)39-20-11-23-43-45(39)41-21-10-19-35(46(41)54-43)33-25-24-30-12-4-5-15-32(30)28-33/h1-29,47,49,51H,(H,50,52). The molecule has 1 aliphatic heterocycles. The van der Waals surface area contributed by atoms with E-state index in [0.29, 0.717) is 0 Å². The molecule has 54 heavy (non-hydrogen) atoms. The second-order valence-corrected chi connectivity index (χ2v) is 14.0. The van der Waals surface area contributed by atoms with Gasteiger partial charge < -0.3 is 14.2 Å². The summed E-state index contributed by atoms with van der Waals surface area (Å²) >= 11 is 0. The maximum atomic E-state index is 6.75. The molecule has 0 fully saturated rings. The highest BCUT2D eigenvalue weighted by atomic mass is 16.3. The molecular weight excluding hydrogens is 663 g/mol. The third-order valence-corrected chi connectivity index (χ3v) is 10.8. The predicted octanol–water partition coefficient (Wildman–Crippen LogP) is 12.3. The van der Waals surface area contributed by atoms with E-state index in [2.05, 4.69) is 162 Å². The molecule has 11 rings (SSSR count). The van der Waals surface area contributed by atoms with Crippen molar-refractivity contribution in [2.24, 2.45) is 4.99 Å². The quantitative estimate of drug-likeness (QED) is 0.188. The van der Waals surface area contributed by atoms with Gasteiger partial charge in [-0.3, -0.25) is 5.32 Å². The summed E-state index contributed by atoms with van der Waals surface area (Å²) in [5, 5.41) is 14.4. The van der Waals surface area contributed by atoms with Gasteiger partial charge in [-0.15, -0.1) is 0 Å². The van der Waals surface area contributed by atoms with Crippen LogP contribution in [0.1, 0.15) is 29.0 Å². The Labute approximate surface area is 311 Å². The van der Waals surface area contributed by atoms with Gasteiger partial charge in [-0.25, -0.2) is 4.99 Å². The summed E-state index contributed by atoms with van der Waals surface area (Å²) in [6, 6.07) is 61.6. The number of fused-ring (bicyclic) bond motifs is 7. The molecule has 2 atom stereocenters. The molecule has 0 radical (unpaired) electrons. The summed E-state index contributed by atoms with van der Waals surface area (Å²) in [4.78, 5) is 5.24. The van der Waals surface area contributed by atoms with Crippen LogP contribution in [0.4, 0.5) is 0 Å². The highest BCUT2D eigenvalue weighted by Crippen LogP contribution is 2.43. The predicted molar refractivity (Wildman–Crippen MR) is 221 cm³/mol. The van der Waals surface area contributed by atoms with E-state index < -0.39 is 0 Å². The van der Waals surface area contributed by atoms with Gasteiger partial charge in [0.25, 0.3) is 0 Å². The number of para-hydroxylation sites is 2. The summed E-state index contributed by atoms with van der Waals surface area (Å²) in [5.41, 5.74) is 11.1. The molecule has 10 aromatic rings. The summed E-state index contributed by atoms with van der Waals surface area (Å²) in [6.45, 7) is 0. The third kappa shape index (κ3) is 5.01. The first-order valence-corrected chi connectivity index (χ1v) is 18.3. The average Bonchev–Trinajstić information content (AvgIpc) is 3.82. The minimum atomic E-state index is -0.276. The molecule has 0 saturated carbocycles. The van der Waals surface area contributed by atoms with Crippen LogP contribution in [0.15, 0.2) is 190 Å². The van der Waals surface area contributed by atoms with E-state index in [0.717, 1.165) is 88.7 Å². The minimum absolute atomic E-state index is 0.258. The first kappa shape index (κ1) is 30.7. The molecule has 3 heterocycles. The van der Waals surface area contributed by atoms with E-state index in [1.54, 1.807) is 0 Å². The van der Waals surface area contributed by atoms with Gasteiger partial charge in [0, 0.05) is 32.7 Å². The van der Waals surface area contributed by atoms with E-state index in [4.69, 9.17) is 13.8 Å². The van der Waals surface area contributed by atoms with Crippen molar-refractivity contribution in [2.75, 3.05) is 0 Å². The molecule has 0 saturated heterocycles. The molecule has 0 spiro atoms. The van der Waals surface area contributed by atoms with E-state index in [1.807, 2.05) is 24.3 Å². The molecule has 0 amide bonds. The highest BCUT2D eigenvalue weighted by Gasteiger charge is 2.28.